The molecule has 0 spiro atoms. The van der Waals surface area contributed by atoms with E-state index in [1.165, 1.54) is 18.3 Å². The number of aliphatic hydroxyl groups excluding tert-OH is 2. The number of allylic oxidation sites excluding steroid dienone is 3. The molecule has 0 radical (unpaired) electrons. The third-order valence-corrected chi connectivity index (χ3v) is 7.16. The fourth-order valence-electron chi connectivity index (χ4n) is 3.61. The number of rotatable bonds is 11. The Bertz CT molecular complexity index is 1150. The van der Waals surface area contributed by atoms with Gasteiger partial charge < -0.3 is 15.3 Å². The number of aliphatic hydroxyl groups is 3. The van der Waals surface area contributed by atoms with Gasteiger partial charge in [0.15, 0.2) is 0 Å². The number of halogens is 10. The second-order valence-corrected chi connectivity index (χ2v) is 9.67. The largest absolute Gasteiger partial charge is 0.457 e. The molecule has 0 fully saturated rings. The molecule has 0 saturated heterocycles. The van der Waals surface area contributed by atoms with E-state index in [1.807, 2.05) is 0 Å². The van der Waals surface area contributed by atoms with Gasteiger partial charge in [-0.15, -0.1) is 11.3 Å². The summed E-state index contributed by atoms with van der Waals surface area (Å²) in [6.45, 7) is 1.01. The summed E-state index contributed by atoms with van der Waals surface area (Å²) in [5.41, 5.74) is -3.78. The van der Waals surface area contributed by atoms with Crippen molar-refractivity contribution in [2.75, 3.05) is 0 Å². The fraction of sp³-hybridized carbons (Fsp3) is 0.440. The van der Waals surface area contributed by atoms with Crippen LogP contribution in [-0.2, 0) is 26.1 Å². The van der Waals surface area contributed by atoms with E-state index in [0.717, 1.165) is 16.5 Å². The zero-order chi connectivity index (χ0) is 29.9. The molecular formula is C25H24F10O3S. The molecule has 0 saturated carbocycles. The highest BCUT2D eigenvalue weighted by Crippen LogP contribution is 2.55. The van der Waals surface area contributed by atoms with Crippen molar-refractivity contribution in [2.45, 2.75) is 69.2 Å². The van der Waals surface area contributed by atoms with Crippen LogP contribution in [0.5, 0.6) is 0 Å². The van der Waals surface area contributed by atoms with Crippen LogP contribution in [0.3, 0.4) is 0 Å². The molecular weight excluding hydrogens is 570 g/mol. The fourth-order valence-corrected chi connectivity index (χ4v) is 4.71. The number of hydrogen-bond acceptors (Lipinski definition) is 4. The summed E-state index contributed by atoms with van der Waals surface area (Å²) in [4.78, 5) is 1.23. The Morgan fingerprint density at radius 1 is 0.795 bits per heavy atom. The molecule has 14 heteroatoms. The smallest absolute Gasteiger partial charge is 0.392 e. The molecule has 0 aliphatic rings. The molecule has 1 heterocycles. The lowest BCUT2D eigenvalue weighted by atomic mass is 9.86. The van der Waals surface area contributed by atoms with E-state index in [0.29, 0.717) is 28.8 Å². The lowest BCUT2D eigenvalue weighted by molar-refractivity contribution is -0.409. The van der Waals surface area contributed by atoms with Gasteiger partial charge in [-0.3, -0.25) is 0 Å². The van der Waals surface area contributed by atoms with Crippen LogP contribution in [0, 0.1) is 0 Å². The molecule has 3 N–H and O–H groups in total. The molecule has 0 atom stereocenters. The number of thiophene rings is 1. The molecule has 2 rings (SSSR count). The minimum Gasteiger partial charge on any atom is -0.392 e. The molecule has 0 amide bonds. The van der Waals surface area contributed by atoms with Gasteiger partial charge in [-0.25, -0.2) is 0 Å². The van der Waals surface area contributed by atoms with E-state index in [9.17, 15) is 59.2 Å². The van der Waals surface area contributed by atoms with Crippen LogP contribution in [0.2, 0.25) is 0 Å². The lowest BCUT2D eigenvalue weighted by Crippen LogP contribution is -2.69. The molecule has 0 bridgehead atoms. The van der Waals surface area contributed by atoms with Gasteiger partial charge in [-0.1, -0.05) is 37.3 Å². The van der Waals surface area contributed by atoms with Crippen molar-refractivity contribution < 1.29 is 59.2 Å². The summed E-state index contributed by atoms with van der Waals surface area (Å²) < 4.78 is 132. The van der Waals surface area contributed by atoms with E-state index in [-0.39, 0.29) is 31.3 Å². The minimum atomic E-state index is -6.92. The predicted molar refractivity (Wildman–Crippen MR) is 124 cm³/mol. The maximum Gasteiger partial charge on any atom is 0.457 e. The van der Waals surface area contributed by atoms with E-state index < -0.39 is 35.9 Å². The first-order valence-electron chi connectivity index (χ1n) is 11.3. The molecule has 0 aliphatic carbocycles. The molecule has 0 aliphatic heterocycles. The third kappa shape index (κ3) is 6.67. The molecule has 1 aromatic heterocycles. The summed E-state index contributed by atoms with van der Waals surface area (Å²) in [7, 11) is 0. The van der Waals surface area contributed by atoms with Crippen LogP contribution in [0.1, 0.15) is 39.8 Å². The Hall–Kier alpha value is -2.42. The summed E-state index contributed by atoms with van der Waals surface area (Å²) in [5.74, 6) is -13.7. The molecule has 218 valence electrons. The highest BCUT2D eigenvalue weighted by molar-refractivity contribution is 7.13. The normalized spacial score (nSPS) is 14.5. The number of benzene rings is 1. The van der Waals surface area contributed by atoms with E-state index in [2.05, 4.69) is 0 Å². The summed E-state index contributed by atoms with van der Waals surface area (Å²) in [6.07, 6.45) is -12.7. The lowest BCUT2D eigenvalue weighted by Gasteiger charge is -2.40. The summed E-state index contributed by atoms with van der Waals surface area (Å²) >= 11 is 1.17. The minimum absolute atomic E-state index is 0.0938. The van der Waals surface area contributed by atoms with Gasteiger partial charge >= 0.3 is 24.2 Å². The van der Waals surface area contributed by atoms with E-state index in [4.69, 9.17) is 0 Å². The van der Waals surface area contributed by atoms with Crippen molar-refractivity contribution in [3.63, 3.8) is 0 Å². The predicted octanol–water partition coefficient (Wildman–Crippen LogP) is 6.99. The quantitative estimate of drug-likeness (QED) is 0.194. The van der Waals surface area contributed by atoms with Gasteiger partial charge in [-0.05, 0) is 59.7 Å². The van der Waals surface area contributed by atoms with Gasteiger partial charge in [0.2, 0.25) is 5.60 Å². The summed E-state index contributed by atoms with van der Waals surface area (Å²) in [6, 6.07) is 8.37. The molecule has 1 aromatic carbocycles. The molecule has 3 nitrogen and oxygen atoms in total. The van der Waals surface area contributed by atoms with Crippen LogP contribution in [0.4, 0.5) is 43.9 Å². The Morgan fingerprint density at radius 2 is 1.36 bits per heavy atom. The number of hydrogen-bond donors (Lipinski definition) is 3. The van der Waals surface area contributed by atoms with E-state index in [1.54, 1.807) is 30.3 Å². The van der Waals surface area contributed by atoms with Gasteiger partial charge in [0.05, 0.1) is 13.2 Å². The first-order valence-corrected chi connectivity index (χ1v) is 12.1. The van der Waals surface area contributed by atoms with Crippen LogP contribution in [-0.4, -0.2) is 45.1 Å². The Labute approximate surface area is 220 Å². The molecule has 0 unspecified atom stereocenters. The highest BCUT2D eigenvalue weighted by atomic mass is 32.1. The SMILES string of the molecule is CC/C(=C/C=C/C(O)(C(F)(F)C(F)(F)F)C(F)(F)C(F)(F)F)c1ccc(CCc2ccc(CO)c(CO)c2)s1. The first-order chi connectivity index (χ1) is 17.9. The van der Waals surface area contributed by atoms with Crippen LogP contribution in [0.25, 0.3) is 5.57 Å². The standard InChI is InChI=1S/C25H24F10O3S/c1-2-16(4-3-11-21(38,22(26,27)24(30,31)32)23(28,29)25(33,34)35)20-10-9-19(39-20)8-6-15-5-7-17(13-36)18(12-15)14-37/h3-5,7,9-12,36-38H,2,6,8,13-14H2,1H3/b11-3+,16-4-. The average molecular weight is 595 g/mol. The Balaban J connectivity index is 2.33. The van der Waals surface area contributed by atoms with Crippen LogP contribution in [0.15, 0.2) is 48.6 Å². The van der Waals surface area contributed by atoms with Crippen molar-refractivity contribution in [1.82, 2.24) is 0 Å². The summed E-state index contributed by atoms with van der Waals surface area (Å²) in [5, 5.41) is 28.2. The van der Waals surface area contributed by atoms with Crippen LogP contribution < -0.4 is 0 Å². The van der Waals surface area contributed by atoms with Gasteiger partial charge in [0.25, 0.3) is 0 Å². The van der Waals surface area contributed by atoms with Crippen molar-refractivity contribution in [3.8, 4) is 0 Å². The second-order valence-electron chi connectivity index (χ2n) is 8.50. The monoisotopic (exact) mass is 594 g/mol. The van der Waals surface area contributed by atoms with Crippen molar-refractivity contribution >= 4 is 16.9 Å². The Morgan fingerprint density at radius 3 is 1.85 bits per heavy atom. The second kappa shape index (κ2) is 12.0. The topological polar surface area (TPSA) is 60.7 Å². The van der Waals surface area contributed by atoms with Gasteiger partial charge in [0.1, 0.15) is 0 Å². The van der Waals surface area contributed by atoms with Crippen molar-refractivity contribution in [2.24, 2.45) is 0 Å². The maximum atomic E-state index is 13.8. The first kappa shape index (κ1) is 32.8. The van der Waals surface area contributed by atoms with E-state index >= 15 is 0 Å². The van der Waals surface area contributed by atoms with Crippen LogP contribution >= 0.6 is 11.3 Å². The van der Waals surface area contributed by atoms with Crippen molar-refractivity contribution in [1.29, 1.82) is 0 Å². The zero-order valence-corrected chi connectivity index (χ0v) is 21.0. The highest BCUT2D eigenvalue weighted by Gasteiger charge is 2.83. The number of alkyl halides is 10. The van der Waals surface area contributed by atoms with Gasteiger partial charge in [0, 0.05) is 9.75 Å². The maximum absolute atomic E-state index is 13.8. The molecule has 39 heavy (non-hydrogen) atoms. The number of aryl methyl sites for hydroxylation is 2. The zero-order valence-electron chi connectivity index (χ0n) is 20.2. The van der Waals surface area contributed by atoms with Gasteiger partial charge in [-0.2, -0.15) is 43.9 Å². The Kier molecular flexibility index (Phi) is 10.1. The third-order valence-electron chi connectivity index (χ3n) is 5.93. The average Bonchev–Trinajstić information content (AvgIpc) is 3.32. The van der Waals surface area contributed by atoms with Crippen molar-refractivity contribution in [3.05, 3.63) is 75.0 Å². The molecule has 2 aromatic rings.